The maximum atomic E-state index is 8.82. The number of benzene rings is 6. The van der Waals surface area contributed by atoms with E-state index in [4.69, 9.17) is 15.9 Å². The second-order valence-corrected chi connectivity index (χ2v) is 14.4. The summed E-state index contributed by atoms with van der Waals surface area (Å²) in [5.41, 5.74) is 7.82. The Balaban J connectivity index is 0.000000775. The Morgan fingerprint density at radius 1 is 0.370 bits per heavy atom. The van der Waals surface area contributed by atoms with Gasteiger partial charge in [-0.3, -0.25) is 0 Å². The van der Waals surface area contributed by atoms with Crippen molar-refractivity contribution in [2.75, 3.05) is 0 Å². The van der Waals surface area contributed by atoms with E-state index < -0.39 is 23.1 Å². The van der Waals surface area contributed by atoms with Crippen molar-refractivity contribution in [3.63, 3.8) is 0 Å². The molecule has 0 aliphatic rings. The van der Waals surface area contributed by atoms with Gasteiger partial charge in [0.1, 0.15) is 0 Å². The normalized spacial score (nSPS) is 11.7. The first-order valence-corrected chi connectivity index (χ1v) is 19.6. The van der Waals surface area contributed by atoms with E-state index in [1.165, 1.54) is 33.4 Å². The van der Waals surface area contributed by atoms with E-state index in [1.807, 2.05) is 0 Å². The van der Waals surface area contributed by atoms with Gasteiger partial charge in [-0.2, -0.15) is 0 Å². The smallest absolute Gasteiger partial charge is 0.0423 e. The maximum Gasteiger partial charge on any atom is 0.0423 e. The van der Waals surface area contributed by atoms with Gasteiger partial charge in [-0.1, -0.05) is 182 Å². The van der Waals surface area contributed by atoms with Gasteiger partial charge in [-0.05, 0) is 45.5 Å². The minimum atomic E-state index is -5.25. The summed E-state index contributed by atoms with van der Waals surface area (Å²) in [7, 11) is -0.660. The van der Waals surface area contributed by atoms with E-state index >= 15 is 0 Å². The Hall–Kier alpha value is -4.41. The second-order valence-electron chi connectivity index (χ2n) is 11.3. The fourth-order valence-corrected chi connectivity index (χ4v) is 9.79. The summed E-state index contributed by atoms with van der Waals surface area (Å²) in [5, 5.41) is 0. The molecule has 0 aromatic heterocycles. The monoisotopic (exact) mass is 662 g/mol. The first-order chi connectivity index (χ1) is 22.3. The number of hydrogen-bond donors (Lipinski definition) is 2. The zero-order chi connectivity index (χ0) is 32.3. The molecule has 0 aliphatic carbocycles. The van der Waals surface area contributed by atoms with E-state index in [2.05, 4.69) is 182 Å². The molecular formula is C40H38CrO4Si. The molecule has 0 saturated carbocycles. The Morgan fingerprint density at radius 3 is 0.674 bits per heavy atom. The van der Waals surface area contributed by atoms with E-state index in [0.29, 0.717) is 0 Å². The Kier molecular flexibility index (Phi) is 10.9. The van der Waals surface area contributed by atoms with Crippen LogP contribution in [0.2, 0.25) is 12.1 Å². The van der Waals surface area contributed by atoms with Gasteiger partial charge in [-0.15, -0.1) is 0 Å². The summed E-state index contributed by atoms with van der Waals surface area (Å²) in [6.07, 6.45) is 0. The van der Waals surface area contributed by atoms with Gasteiger partial charge < -0.3 is 0 Å². The first kappa shape index (κ1) is 33.0. The Morgan fingerprint density at radius 2 is 0.522 bits per heavy atom. The van der Waals surface area contributed by atoms with E-state index in [-0.39, 0.29) is 10.8 Å². The van der Waals surface area contributed by atoms with E-state index in [1.54, 1.807) is 0 Å². The Labute approximate surface area is 276 Å². The van der Waals surface area contributed by atoms with Crippen molar-refractivity contribution in [1.82, 2.24) is 0 Å². The van der Waals surface area contributed by atoms with Crippen molar-refractivity contribution >= 4 is 9.52 Å². The van der Waals surface area contributed by atoms with Crippen molar-refractivity contribution < 1.29 is 29.5 Å². The fourth-order valence-electron chi connectivity index (χ4n) is 6.82. The zero-order valence-electron chi connectivity index (χ0n) is 25.6. The predicted octanol–water partition coefficient (Wildman–Crippen LogP) is 7.71. The molecule has 0 amide bonds. The van der Waals surface area contributed by atoms with Crippen LogP contribution in [-0.4, -0.2) is 17.8 Å². The molecule has 6 rings (SSSR count). The predicted molar refractivity (Wildman–Crippen MR) is 182 cm³/mol. The average molecular weight is 663 g/mol. The van der Waals surface area contributed by atoms with Gasteiger partial charge in [0.05, 0.1) is 0 Å². The van der Waals surface area contributed by atoms with Gasteiger partial charge in [0.2, 0.25) is 0 Å². The largest absolute Gasteiger partial charge is 0.0622 e. The minimum absolute atomic E-state index is 0.203. The van der Waals surface area contributed by atoms with Gasteiger partial charge in [0, 0.05) is 20.3 Å². The molecule has 4 nitrogen and oxygen atoms in total. The fraction of sp³-hybridized carbons (Fsp3) is 0.100. The van der Waals surface area contributed by atoms with Crippen LogP contribution in [0.4, 0.5) is 0 Å². The third kappa shape index (κ3) is 7.68. The first-order valence-electron chi connectivity index (χ1n) is 15.4. The molecule has 46 heavy (non-hydrogen) atoms. The van der Waals surface area contributed by atoms with Crippen LogP contribution in [0.5, 0.6) is 0 Å². The molecule has 6 aromatic rings. The molecule has 0 atom stereocenters. The van der Waals surface area contributed by atoms with Crippen LogP contribution >= 0.6 is 0 Å². The zero-order valence-corrected chi connectivity index (χ0v) is 28.3. The van der Waals surface area contributed by atoms with Crippen molar-refractivity contribution in [3.8, 4) is 0 Å². The van der Waals surface area contributed by atoms with Crippen LogP contribution < -0.4 is 0 Å². The molecule has 6 heteroatoms. The molecule has 2 N–H and O–H groups in total. The Bertz CT molecular complexity index is 1540. The summed E-state index contributed by atoms with van der Waals surface area (Å²) in [6.45, 7) is 0. The molecule has 0 saturated heterocycles. The third-order valence-electron chi connectivity index (χ3n) is 8.70. The van der Waals surface area contributed by atoms with Gasteiger partial charge in [-0.25, -0.2) is 0 Å². The van der Waals surface area contributed by atoms with Crippen LogP contribution in [0.3, 0.4) is 0 Å². The molecule has 0 bridgehead atoms. The summed E-state index contributed by atoms with van der Waals surface area (Å²) in [6, 6.07) is 69.3. The van der Waals surface area contributed by atoms with Crippen LogP contribution in [0.1, 0.15) is 33.4 Å². The molecule has 0 spiro atoms. The van der Waals surface area contributed by atoms with Crippen molar-refractivity contribution in [1.29, 1.82) is 0 Å². The summed E-state index contributed by atoms with van der Waals surface area (Å²) in [5.74, 6) is 0. The molecular weight excluding hydrogens is 625 g/mol. The quantitative estimate of drug-likeness (QED) is 0.116. The topological polar surface area (TPSA) is 74.6 Å². The van der Waals surface area contributed by atoms with Crippen molar-refractivity contribution in [3.05, 3.63) is 215 Å². The molecule has 232 valence electrons. The van der Waals surface area contributed by atoms with Crippen LogP contribution in [0.15, 0.2) is 182 Å². The van der Waals surface area contributed by atoms with Crippen LogP contribution in [0.25, 0.3) is 0 Å². The minimum Gasteiger partial charge on any atom is -0.0622 e. The molecule has 0 radical (unpaired) electrons. The number of hydrogen-bond acceptors (Lipinski definition) is 2. The standard InChI is InChI=1S/C40H36Si.Cr.2H2O.2O/c1-7-19-33(20-8-1)39(34-21-9-2-10-22-34,35-23-11-3-12-24-35)31-41-32-40(36-25-13-4-14-26-36,37-27-15-5-16-28-37)38-29-17-6-18-30-38;;;;;/h1-30H,31-32,41H2;;2*1H2;;/q;+2;;;;/p-2. The molecule has 0 unspecified atom stereocenters. The summed E-state index contributed by atoms with van der Waals surface area (Å²) in [4.78, 5) is 0. The molecule has 6 aromatic carbocycles. The van der Waals surface area contributed by atoms with Crippen LogP contribution in [-0.2, 0) is 32.1 Å². The number of rotatable bonds is 10. The molecule has 0 heterocycles. The molecule has 0 aliphatic heterocycles. The SMILES string of the molecule is [O]=[Cr](=[O])([OH])[OH].c1ccc(C(C[SiH2]CC(c2ccccc2)(c2ccccc2)c2ccccc2)(c2ccccc2)c2ccccc2)cc1. The van der Waals surface area contributed by atoms with E-state index in [0.717, 1.165) is 12.1 Å². The average Bonchev–Trinajstić information content (AvgIpc) is 3.10. The third-order valence-corrected chi connectivity index (χ3v) is 10.9. The van der Waals surface area contributed by atoms with Gasteiger partial charge >= 0.3 is 29.5 Å². The summed E-state index contributed by atoms with van der Waals surface area (Å²) < 4.78 is 31.9. The second kappa shape index (κ2) is 15.2. The van der Waals surface area contributed by atoms with Crippen molar-refractivity contribution in [2.45, 2.75) is 22.9 Å². The van der Waals surface area contributed by atoms with Gasteiger partial charge in [0.15, 0.2) is 0 Å². The van der Waals surface area contributed by atoms with Gasteiger partial charge in [0.25, 0.3) is 0 Å². The van der Waals surface area contributed by atoms with Crippen LogP contribution in [0, 0.1) is 0 Å². The molecule has 0 fully saturated rings. The van der Waals surface area contributed by atoms with Crippen molar-refractivity contribution in [2.24, 2.45) is 0 Å². The maximum absolute atomic E-state index is 8.82. The summed E-state index contributed by atoms with van der Waals surface area (Å²) >= 11 is -5.25. The van der Waals surface area contributed by atoms with E-state index in [9.17, 15) is 0 Å².